The largest absolute Gasteiger partial charge is 0.396 e. The summed E-state index contributed by atoms with van der Waals surface area (Å²) < 4.78 is 0. The van der Waals surface area contributed by atoms with Gasteiger partial charge in [0.15, 0.2) is 0 Å². The molecule has 0 aliphatic heterocycles. The van der Waals surface area contributed by atoms with Gasteiger partial charge in [-0.05, 0) is 5.69 Å². The van der Waals surface area contributed by atoms with Crippen LogP contribution in [-0.4, -0.2) is 14.1 Å². The second-order valence-electron chi connectivity index (χ2n) is 2.03. The molecule has 0 amide bonds. The molecule has 1 aromatic rings. The van der Waals surface area contributed by atoms with E-state index in [1.165, 1.54) is 0 Å². The zero-order valence-electron chi connectivity index (χ0n) is 5.84. The zero-order valence-corrected chi connectivity index (χ0v) is 8.68. The second kappa shape index (κ2) is 3.40. The van der Waals surface area contributed by atoms with Crippen LogP contribution in [0.4, 0.5) is 5.69 Å². The summed E-state index contributed by atoms with van der Waals surface area (Å²) in [5, 5.41) is 0. The summed E-state index contributed by atoms with van der Waals surface area (Å²) in [5.41, 5.74) is -0.571. The predicted molar refractivity (Wildman–Crippen MR) is 34.5 cm³/mol. The fraction of sp³-hybridized carbons (Fsp3) is 0.333. The third-order valence-corrected chi connectivity index (χ3v) is 1.10. The fourth-order valence-corrected chi connectivity index (χ4v) is 0.581. The van der Waals surface area contributed by atoms with Gasteiger partial charge in [0.2, 0.25) is 0 Å². The maximum Gasteiger partial charge on any atom is 0.132 e. The first-order valence-electron chi connectivity index (χ1n) is 2.53. The maximum absolute atomic E-state index is 10.5. The van der Waals surface area contributed by atoms with Gasteiger partial charge in [-0.15, -0.1) is 6.07 Å². The van der Waals surface area contributed by atoms with E-state index in [0.29, 0.717) is 5.69 Å². The average molecular weight is 213 g/mol. The fourth-order valence-electron chi connectivity index (χ4n) is 0.581. The van der Waals surface area contributed by atoms with Crippen LogP contribution in [0.15, 0.2) is 9.59 Å². The van der Waals surface area contributed by atoms with E-state index in [1.54, 1.807) is 19.0 Å². The molecule has 0 saturated carbocycles. The van der Waals surface area contributed by atoms with E-state index in [4.69, 9.17) is 0 Å². The van der Waals surface area contributed by atoms with Crippen molar-refractivity contribution in [1.29, 1.82) is 0 Å². The summed E-state index contributed by atoms with van der Waals surface area (Å²) in [5.74, 6) is 0. The molecule has 0 aromatic heterocycles. The summed E-state index contributed by atoms with van der Waals surface area (Å²) in [4.78, 5) is 22.3. The van der Waals surface area contributed by atoms with Gasteiger partial charge in [0.25, 0.3) is 0 Å². The Balaban J connectivity index is 0.000000810. The molecular weight excluding hydrogens is 207 g/mol. The van der Waals surface area contributed by atoms with Crippen LogP contribution in [0.3, 0.4) is 0 Å². The standard InChI is InChI=1S/C6H6NO2.Y/c1-7(2)4-3-5(8)6(4)9;/h1-2H3;/q-1;. The Bertz CT molecular complexity index is 285. The SMILES string of the molecule is CN(C)c1[c-]c(=O)c1=O.[Y]. The monoisotopic (exact) mass is 213 g/mol. The Kier molecular flexibility index (Phi) is 3.39. The van der Waals surface area contributed by atoms with Gasteiger partial charge in [0.05, 0.1) is 0 Å². The first-order valence-corrected chi connectivity index (χ1v) is 2.53. The van der Waals surface area contributed by atoms with Gasteiger partial charge in [-0.3, -0.25) is 0 Å². The van der Waals surface area contributed by atoms with Crippen LogP contribution in [0.2, 0.25) is 0 Å². The quantitative estimate of drug-likeness (QED) is 0.450. The molecule has 0 aliphatic carbocycles. The maximum atomic E-state index is 10.5. The molecule has 0 spiro atoms. The van der Waals surface area contributed by atoms with Crippen molar-refractivity contribution in [2.45, 2.75) is 0 Å². The normalized spacial score (nSPS) is 9.00. The molecular formula is C6H6NO2Y-. The Labute approximate surface area is 83.6 Å². The van der Waals surface area contributed by atoms with Gasteiger partial charge in [-0.2, -0.15) is 0 Å². The average Bonchev–Trinajstić information content (AvgIpc) is 1.81. The molecule has 0 atom stereocenters. The van der Waals surface area contributed by atoms with Crippen LogP contribution in [-0.2, 0) is 32.7 Å². The minimum absolute atomic E-state index is 0. The first kappa shape index (κ1) is 9.98. The van der Waals surface area contributed by atoms with E-state index >= 15 is 0 Å². The van der Waals surface area contributed by atoms with Gasteiger partial charge in [-0.25, -0.2) is 0 Å². The van der Waals surface area contributed by atoms with Gasteiger partial charge in [-0.1, -0.05) is 0 Å². The third-order valence-electron chi connectivity index (χ3n) is 1.10. The molecule has 0 fully saturated rings. The number of nitrogens with zero attached hydrogens (tertiary/aromatic N) is 1. The Morgan fingerprint density at radius 3 is 1.90 bits per heavy atom. The van der Waals surface area contributed by atoms with Gasteiger partial charge in [0, 0.05) is 46.8 Å². The molecule has 0 unspecified atom stereocenters. The molecule has 1 rings (SSSR count). The van der Waals surface area contributed by atoms with Crippen LogP contribution in [0.5, 0.6) is 0 Å². The van der Waals surface area contributed by atoms with Crippen molar-refractivity contribution in [3.63, 3.8) is 0 Å². The van der Waals surface area contributed by atoms with Crippen LogP contribution >= 0.6 is 0 Å². The molecule has 10 heavy (non-hydrogen) atoms. The molecule has 0 aliphatic rings. The summed E-state index contributed by atoms with van der Waals surface area (Å²) in [6.07, 6.45) is 0. The Hall–Kier alpha value is -0.0161. The number of anilines is 1. The molecule has 1 aromatic carbocycles. The molecule has 1 radical (unpaired) electrons. The summed E-state index contributed by atoms with van der Waals surface area (Å²) in [7, 11) is 3.40. The zero-order chi connectivity index (χ0) is 7.02. The number of hydrogen-bond donors (Lipinski definition) is 0. The molecule has 0 N–H and O–H groups in total. The Morgan fingerprint density at radius 1 is 1.30 bits per heavy atom. The van der Waals surface area contributed by atoms with Crippen molar-refractivity contribution in [1.82, 2.24) is 0 Å². The van der Waals surface area contributed by atoms with E-state index < -0.39 is 10.9 Å². The van der Waals surface area contributed by atoms with Crippen LogP contribution in [0.25, 0.3) is 0 Å². The van der Waals surface area contributed by atoms with E-state index in [-0.39, 0.29) is 32.7 Å². The van der Waals surface area contributed by atoms with E-state index in [1.807, 2.05) is 0 Å². The molecule has 0 heterocycles. The van der Waals surface area contributed by atoms with Crippen LogP contribution in [0, 0.1) is 6.07 Å². The van der Waals surface area contributed by atoms with Crippen molar-refractivity contribution in [3.8, 4) is 0 Å². The summed E-state index contributed by atoms with van der Waals surface area (Å²) in [6.45, 7) is 0. The van der Waals surface area contributed by atoms with Crippen molar-refractivity contribution < 1.29 is 32.7 Å². The smallest absolute Gasteiger partial charge is 0.132 e. The first-order chi connectivity index (χ1) is 4.13. The molecule has 3 nitrogen and oxygen atoms in total. The number of rotatable bonds is 1. The molecule has 0 bridgehead atoms. The van der Waals surface area contributed by atoms with Crippen molar-refractivity contribution in [2.75, 3.05) is 19.0 Å². The van der Waals surface area contributed by atoms with Crippen molar-refractivity contribution >= 4 is 5.69 Å². The van der Waals surface area contributed by atoms with E-state index in [9.17, 15) is 9.59 Å². The van der Waals surface area contributed by atoms with E-state index in [0.717, 1.165) is 0 Å². The summed E-state index contributed by atoms with van der Waals surface area (Å²) >= 11 is 0. The molecule has 0 saturated heterocycles. The Morgan fingerprint density at radius 2 is 1.80 bits per heavy atom. The topological polar surface area (TPSA) is 37.4 Å². The summed E-state index contributed by atoms with van der Waals surface area (Å²) in [6, 6.07) is 2.35. The second-order valence-corrected chi connectivity index (χ2v) is 2.03. The van der Waals surface area contributed by atoms with Gasteiger partial charge in [0.1, 0.15) is 10.9 Å². The van der Waals surface area contributed by atoms with Crippen LogP contribution in [0.1, 0.15) is 0 Å². The van der Waals surface area contributed by atoms with Gasteiger partial charge < -0.3 is 14.5 Å². The minimum Gasteiger partial charge on any atom is -0.396 e. The minimum atomic E-state index is -0.515. The molecule has 51 valence electrons. The van der Waals surface area contributed by atoms with Crippen LogP contribution < -0.4 is 15.8 Å². The number of hydrogen-bond acceptors (Lipinski definition) is 3. The third kappa shape index (κ3) is 1.52. The van der Waals surface area contributed by atoms with Crippen molar-refractivity contribution in [2.24, 2.45) is 0 Å². The van der Waals surface area contributed by atoms with E-state index in [2.05, 4.69) is 6.07 Å². The molecule has 4 heteroatoms. The predicted octanol–water partition coefficient (Wildman–Crippen LogP) is -0.854. The van der Waals surface area contributed by atoms with Crippen molar-refractivity contribution in [3.05, 3.63) is 26.5 Å². The van der Waals surface area contributed by atoms with Gasteiger partial charge >= 0.3 is 0 Å².